The van der Waals surface area contributed by atoms with Crippen molar-refractivity contribution in [1.82, 2.24) is 35.2 Å². The van der Waals surface area contributed by atoms with Crippen molar-refractivity contribution in [3.05, 3.63) is 65.9 Å². The number of anilines is 3. The number of rotatable bonds is 11. The smallest absolute Gasteiger partial charge is 0.261 e. The van der Waals surface area contributed by atoms with E-state index in [1.165, 1.54) is 4.90 Å². The number of benzene rings is 2. The van der Waals surface area contributed by atoms with Gasteiger partial charge >= 0.3 is 0 Å². The van der Waals surface area contributed by atoms with Gasteiger partial charge in [0.25, 0.3) is 11.8 Å². The van der Waals surface area contributed by atoms with Gasteiger partial charge in [0, 0.05) is 105 Å². The fourth-order valence-corrected chi connectivity index (χ4v) is 7.91. The molecule has 3 aliphatic heterocycles. The highest BCUT2D eigenvalue weighted by Crippen LogP contribution is 2.32. The first kappa shape index (κ1) is 35.1. The molecule has 4 N–H and O–H groups in total. The van der Waals surface area contributed by atoms with Crippen LogP contribution in [0, 0.1) is 0 Å². The number of hydrogen-bond acceptors (Lipinski definition) is 11. The topological polar surface area (TPSA) is 164 Å². The molecule has 0 bridgehead atoms. The van der Waals surface area contributed by atoms with E-state index in [0.29, 0.717) is 35.3 Å². The molecule has 0 aliphatic carbocycles. The number of pyridine rings is 1. The van der Waals surface area contributed by atoms with Crippen LogP contribution in [0.4, 0.5) is 17.2 Å². The minimum Gasteiger partial charge on any atom is -0.399 e. The van der Waals surface area contributed by atoms with Gasteiger partial charge in [-0.25, -0.2) is 4.98 Å². The summed E-state index contributed by atoms with van der Waals surface area (Å²) in [5.74, 6) is -0.171. The Morgan fingerprint density at radius 3 is 2.46 bits per heavy atom. The molecule has 272 valence electrons. The number of piperazine rings is 2. The fraction of sp³-hybridized carbons (Fsp3) is 0.421. The number of nitrogens with one attached hydrogen (secondary N) is 2. The van der Waals surface area contributed by atoms with Crippen molar-refractivity contribution in [3.63, 3.8) is 0 Å². The zero-order chi connectivity index (χ0) is 36.5. The van der Waals surface area contributed by atoms with Crippen molar-refractivity contribution < 1.29 is 19.2 Å². The molecule has 4 aromatic rings. The van der Waals surface area contributed by atoms with E-state index in [-0.39, 0.29) is 24.7 Å². The Bertz CT molecular complexity index is 1980. The Hall–Kier alpha value is -5.34. The minimum absolute atomic E-state index is 0.0464. The molecule has 0 radical (unpaired) electrons. The van der Waals surface area contributed by atoms with Crippen molar-refractivity contribution in [2.75, 3.05) is 67.9 Å². The Balaban J connectivity index is 0.911. The van der Waals surface area contributed by atoms with E-state index in [2.05, 4.69) is 55.0 Å². The predicted octanol–water partition coefficient (Wildman–Crippen LogP) is 2.97. The molecule has 14 nitrogen and oxygen atoms in total. The summed E-state index contributed by atoms with van der Waals surface area (Å²) in [6.45, 7) is 13.5. The number of hydrogen-bond donors (Lipinski definition) is 3. The summed E-state index contributed by atoms with van der Waals surface area (Å²) in [5, 5.41) is 10.8. The summed E-state index contributed by atoms with van der Waals surface area (Å²) in [6.07, 6.45) is 2.52. The molecule has 2 aromatic heterocycles. The number of aromatic amines is 1. The van der Waals surface area contributed by atoms with Crippen LogP contribution in [0.3, 0.4) is 0 Å². The number of H-pyrrole nitrogens is 1. The molecule has 4 amide bonds. The number of carbonyl (C=O) groups is 4. The summed E-state index contributed by atoms with van der Waals surface area (Å²) >= 11 is 0. The molecule has 3 unspecified atom stereocenters. The SMILES string of the molecule is CC(CCC(=O)NC=O)N1C(=O)c2ccc(N3CCN(CCN4C(C)CN(c5cc(-c6n[nH]c7ccc(N)cc67)ccn5)CC4C)CC3)cc2C1=O. The van der Waals surface area contributed by atoms with Crippen LogP contribution in [0.25, 0.3) is 22.2 Å². The normalized spacial score (nSPS) is 20.4. The van der Waals surface area contributed by atoms with Gasteiger partial charge in [0.2, 0.25) is 12.3 Å². The maximum atomic E-state index is 13.3. The number of nitrogen functional groups attached to an aromatic ring is 1. The Morgan fingerprint density at radius 2 is 1.71 bits per heavy atom. The van der Waals surface area contributed by atoms with Crippen LogP contribution in [0.5, 0.6) is 0 Å². The van der Waals surface area contributed by atoms with E-state index >= 15 is 0 Å². The Morgan fingerprint density at radius 1 is 0.962 bits per heavy atom. The van der Waals surface area contributed by atoms with Crippen LogP contribution in [-0.4, -0.2) is 124 Å². The second-order valence-electron chi connectivity index (χ2n) is 14.2. The molecule has 3 atom stereocenters. The highest BCUT2D eigenvalue weighted by Gasteiger charge is 2.39. The fourth-order valence-electron chi connectivity index (χ4n) is 7.91. The van der Waals surface area contributed by atoms with E-state index in [9.17, 15) is 19.2 Å². The monoisotopic (exact) mass is 706 g/mol. The molecule has 0 saturated carbocycles. The lowest BCUT2D eigenvalue weighted by molar-refractivity contribution is -0.125. The first-order chi connectivity index (χ1) is 25.1. The summed E-state index contributed by atoms with van der Waals surface area (Å²) in [5.41, 5.74) is 11.3. The van der Waals surface area contributed by atoms with E-state index in [1.807, 2.05) is 42.6 Å². The van der Waals surface area contributed by atoms with Gasteiger partial charge in [-0.2, -0.15) is 5.10 Å². The van der Waals surface area contributed by atoms with E-state index in [0.717, 1.165) is 86.0 Å². The number of carbonyl (C=O) groups excluding carboxylic acids is 4. The lowest BCUT2D eigenvalue weighted by atomic mass is 10.1. The molecule has 2 fully saturated rings. The van der Waals surface area contributed by atoms with Gasteiger partial charge in [-0.05, 0) is 75.7 Å². The van der Waals surface area contributed by atoms with Crippen LogP contribution in [0.1, 0.15) is 54.3 Å². The molecule has 3 aliphatic rings. The molecule has 14 heteroatoms. The predicted molar refractivity (Wildman–Crippen MR) is 200 cm³/mol. The number of nitrogens with zero attached hydrogens (tertiary/aromatic N) is 7. The largest absolute Gasteiger partial charge is 0.399 e. The Kier molecular flexibility index (Phi) is 9.93. The van der Waals surface area contributed by atoms with Gasteiger partial charge in [-0.3, -0.25) is 44.3 Å². The van der Waals surface area contributed by atoms with Crippen LogP contribution in [-0.2, 0) is 9.59 Å². The Labute approximate surface area is 302 Å². The van der Waals surface area contributed by atoms with Crippen molar-refractivity contribution >= 4 is 52.2 Å². The lowest BCUT2D eigenvalue weighted by Gasteiger charge is -2.46. The molecule has 2 saturated heterocycles. The number of aromatic nitrogens is 3. The second kappa shape index (κ2) is 14.7. The van der Waals surface area contributed by atoms with Crippen molar-refractivity contribution in [3.8, 4) is 11.3 Å². The average molecular weight is 707 g/mol. The number of amides is 4. The quantitative estimate of drug-likeness (QED) is 0.119. The highest BCUT2D eigenvalue weighted by atomic mass is 16.2. The van der Waals surface area contributed by atoms with Crippen molar-refractivity contribution in [1.29, 1.82) is 0 Å². The highest BCUT2D eigenvalue weighted by molar-refractivity contribution is 6.22. The van der Waals surface area contributed by atoms with Gasteiger partial charge in [0.1, 0.15) is 11.5 Å². The van der Waals surface area contributed by atoms with Gasteiger partial charge < -0.3 is 15.5 Å². The van der Waals surface area contributed by atoms with Gasteiger partial charge in [-0.15, -0.1) is 0 Å². The first-order valence-electron chi connectivity index (χ1n) is 18.0. The standard InChI is InChI=1S/C38H46N10O4/c1-24(4-9-35(50)41-23-49)48-37(51)30-7-6-29(20-31(30)38(48)52)45-15-12-44(13-16-45)14-17-47-25(2)21-46(22-26(47)3)34-18-27(10-11-40-34)36-32-19-28(39)5-8-33(32)42-43-36/h5-8,10-11,18-20,23-26H,4,9,12-17,21-22,39H2,1-3H3,(H,42,43)(H,41,49,50). The maximum Gasteiger partial charge on any atom is 0.261 e. The summed E-state index contributed by atoms with van der Waals surface area (Å²) in [4.78, 5) is 64.4. The zero-order valence-corrected chi connectivity index (χ0v) is 29.9. The van der Waals surface area contributed by atoms with Gasteiger partial charge in [0.15, 0.2) is 0 Å². The number of imide groups is 2. The van der Waals surface area contributed by atoms with Gasteiger partial charge in [-0.1, -0.05) is 0 Å². The molecule has 2 aromatic carbocycles. The third-order valence-electron chi connectivity index (χ3n) is 10.8. The van der Waals surface area contributed by atoms with Gasteiger partial charge in [0.05, 0.1) is 16.6 Å². The number of fused-ring (bicyclic) bond motifs is 2. The maximum absolute atomic E-state index is 13.3. The lowest BCUT2D eigenvalue weighted by Crippen LogP contribution is -2.59. The van der Waals surface area contributed by atoms with Crippen molar-refractivity contribution in [2.24, 2.45) is 0 Å². The average Bonchev–Trinajstić information content (AvgIpc) is 3.67. The summed E-state index contributed by atoms with van der Waals surface area (Å²) in [7, 11) is 0. The van der Waals surface area contributed by atoms with Crippen LogP contribution < -0.4 is 20.9 Å². The molecule has 7 rings (SSSR count). The van der Waals surface area contributed by atoms with Crippen LogP contribution in [0.15, 0.2) is 54.7 Å². The molecular formula is C38H46N10O4. The van der Waals surface area contributed by atoms with E-state index in [1.54, 1.807) is 13.0 Å². The molecular weight excluding hydrogens is 660 g/mol. The molecule has 52 heavy (non-hydrogen) atoms. The van der Waals surface area contributed by atoms with E-state index in [4.69, 9.17) is 10.7 Å². The van der Waals surface area contributed by atoms with Crippen LogP contribution >= 0.6 is 0 Å². The van der Waals surface area contributed by atoms with E-state index < -0.39 is 11.9 Å². The summed E-state index contributed by atoms with van der Waals surface area (Å²) in [6, 6.07) is 15.6. The summed E-state index contributed by atoms with van der Waals surface area (Å²) < 4.78 is 0. The second-order valence-corrected chi connectivity index (χ2v) is 14.2. The molecule has 5 heterocycles. The number of nitrogens with two attached hydrogens (primary N) is 1. The van der Waals surface area contributed by atoms with Crippen LogP contribution in [0.2, 0.25) is 0 Å². The molecule has 0 spiro atoms. The van der Waals surface area contributed by atoms with Crippen molar-refractivity contribution in [2.45, 2.75) is 51.7 Å². The minimum atomic E-state index is -0.470. The third-order valence-corrected chi connectivity index (χ3v) is 10.8. The zero-order valence-electron chi connectivity index (χ0n) is 29.9. The third kappa shape index (κ3) is 6.95. The first-order valence-corrected chi connectivity index (χ1v) is 18.0.